The molecule has 3 atom stereocenters. The maximum Gasteiger partial charge on any atom is 0.339 e. The molecule has 2 fully saturated rings. The molecule has 0 saturated heterocycles. The Bertz CT molecular complexity index is 1920. The molecule has 234 valence electrons. The van der Waals surface area contributed by atoms with E-state index in [4.69, 9.17) is 4.18 Å². The van der Waals surface area contributed by atoms with Crippen LogP contribution in [0.4, 0.5) is 5.69 Å². The predicted octanol–water partition coefficient (Wildman–Crippen LogP) is 4.21. The van der Waals surface area contributed by atoms with Gasteiger partial charge in [0.15, 0.2) is 0 Å². The second-order valence-corrected chi connectivity index (χ2v) is 16.5. The van der Waals surface area contributed by atoms with Crippen LogP contribution in [0.1, 0.15) is 44.2 Å². The standard InChI is InChI=1S/C32H36N2O8S2/c1-31(2)25-13-14-32(31,17-28(25)35)19-43(38,39)34-18-21-15-22(12-11-20(21)16-27(34)30(36)37)42-44(40,41)29-10-6-7-23-24(29)8-5-9-26(23)33(3)4/h5-12,15,25,27H,13-14,16-19H2,1-4H3,(H,36,37)/t25?,27-,32?/m0/s1. The summed E-state index contributed by atoms with van der Waals surface area (Å²) in [6, 6.07) is 13.5. The van der Waals surface area contributed by atoms with Crippen LogP contribution in [0.25, 0.3) is 10.8 Å². The Kier molecular flexibility index (Phi) is 7.14. The Morgan fingerprint density at radius 3 is 2.36 bits per heavy atom. The minimum atomic E-state index is -4.29. The molecule has 2 aliphatic carbocycles. The van der Waals surface area contributed by atoms with Crippen molar-refractivity contribution in [1.29, 1.82) is 0 Å². The van der Waals surface area contributed by atoms with Gasteiger partial charge in [0.05, 0.1) is 5.75 Å². The second kappa shape index (κ2) is 10.3. The van der Waals surface area contributed by atoms with E-state index in [1.165, 1.54) is 18.2 Å². The van der Waals surface area contributed by atoms with Gasteiger partial charge in [-0.15, -0.1) is 0 Å². The molecule has 2 unspecified atom stereocenters. The van der Waals surface area contributed by atoms with Crippen LogP contribution in [0.15, 0.2) is 59.5 Å². The van der Waals surface area contributed by atoms with Crippen molar-refractivity contribution in [2.75, 3.05) is 24.7 Å². The fourth-order valence-electron chi connectivity index (χ4n) is 7.69. The summed E-state index contributed by atoms with van der Waals surface area (Å²) in [5.41, 5.74) is 0.662. The van der Waals surface area contributed by atoms with Gasteiger partial charge in [-0.2, -0.15) is 12.7 Å². The van der Waals surface area contributed by atoms with Crippen LogP contribution in [0.5, 0.6) is 5.75 Å². The summed E-state index contributed by atoms with van der Waals surface area (Å²) in [6.45, 7) is 3.62. The van der Waals surface area contributed by atoms with Gasteiger partial charge in [-0.05, 0) is 59.1 Å². The third-order valence-electron chi connectivity index (χ3n) is 10.2. The van der Waals surface area contributed by atoms with E-state index in [-0.39, 0.29) is 47.5 Å². The first-order chi connectivity index (χ1) is 20.6. The molecule has 3 aromatic carbocycles. The number of rotatable bonds is 8. The average Bonchev–Trinajstić information content (AvgIpc) is 3.29. The summed E-state index contributed by atoms with van der Waals surface area (Å²) in [5.74, 6) is -1.70. The Morgan fingerprint density at radius 1 is 1.02 bits per heavy atom. The van der Waals surface area contributed by atoms with Crippen LogP contribution in [-0.4, -0.2) is 63.9 Å². The number of carbonyl (C=O) groups is 2. The average molecular weight is 641 g/mol. The zero-order chi connectivity index (χ0) is 31.8. The maximum atomic E-state index is 14.0. The molecular weight excluding hydrogens is 604 g/mol. The third-order valence-corrected chi connectivity index (χ3v) is 13.6. The van der Waals surface area contributed by atoms with Crippen LogP contribution in [0, 0.1) is 16.7 Å². The van der Waals surface area contributed by atoms with E-state index < -0.39 is 43.0 Å². The highest BCUT2D eigenvalue weighted by molar-refractivity contribution is 7.89. The highest BCUT2D eigenvalue weighted by atomic mass is 32.2. The molecule has 10 nitrogen and oxygen atoms in total. The highest BCUT2D eigenvalue weighted by Gasteiger charge is 2.64. The van der Waals surface area contributed by atoms with E-state index in [0.29, 0.717) is 29.4 Å². The van der Waals surface area contributed by atoms with Gasteiger partial charge in [-0.25, -0.2) is 8.42 Å². The summed E-state index contributed by atoms with van der Waals surface area (Å²) in [4.78, 5) is 26.9. The number of ketones is 1. The number of carboxylic acids is 1. The quantitative estimate of drug-likeness (QED) is 0.359. The van der Waals surface area contributed by atoms with Gasteiger partial charge in [0.25, 0.3) is 0 Å². The molecule has 0 amide bonds. The minimum Gasteiger partial charge on any atom is -0.480 e. The number of hydrogen-bond acceptors (Lipinski definition) is 8. The van der Waals surface area contributed by atoms with Gasteiger partial charge in [0, 0.05) is 55.9 Å². The number of carboxylic acid groups (broad SMARTS) is 1. The first-order valence-electron chi connectivity index (χ1n) is 14.6. The smallest absolute Gasteiger partial charge is 0.339 e. The molecule has 1 heterocycles. The first kappa shape index (κ1) is 30.5. The van der Waals surface area contributed by atoms with E-state index in [9.17, 15) is 31.5 Å². The van der Waals surface area contributed by atoms with Gasteiger partial charge in [0.1, 0.15) is 22.5 Å². The van der Waals surface area contributed by atoms with Gasteiger partial charge < -0.3 is 14.2 Å². The van der Waals surface area contributed by atoms with Crippen LogP contribution >= 0.6 is 0 Å². The van der Waals surface area contributed by atoms with Crippen molar-refractivity contribution in [3.8, 4) is 5.75 Å². The summed E-state index contributed by atoms with van der Waals surface area (Å²) >= 11 is 0. The molecule has 0 aromatic heterocycles. The molecule has 3 aromatic rings. The molecular formula is C32H36N2O8S2. The van der Waals surface area contributed by atoms with Crippen LogP contribution < -0.4 is 9.08 Å². The Morgan fingerprint density at radius 2 is 1.73 bits per heavy atom. The van der Waals surface area contributed by atoms with E-state index in [1.54, 1.807) is 24.3 Å². The number of aliphatic carboxylic acids is 1. The predicted molar refractivity (Wildman–Crippen MR) is 166 cm³/mol. The lowest BCUT2D eigenvalue weighted by molar-refractivity contribution is -0.141. The Balaban J connectivity index is 1.31. The van der Waals surface area contributed by atoms with E-state index >= 15 is 0 Å². The van der Waals surface area contributed by atoms with Crippen molar-refractivity contribution in [3.05, 3.63) is 65.7 Å². The number of sulfonamides is 1. The Labute approximate surface area is 257 Å². The summed E-state index contributed by atoms with van der Waals surface area (Å²) in [6.07, 6.45) is 1.32. The summed E-state index contributed by atoms with van der Waals surface area (Å²) in [5, 5.41) is 11.3. The fourth-order valence-corrected chi connectivity index (χ4v) is 11.2. The van der Waals surface area contributed by atoms with Crippen molar-refractivity contribution in [2.24, 2.45) is 16.7 Å². The molecule has 44 heavy (non-hydrogen) atoms. The Hall–Kier alpha value is -3.48. The van der Waals surface area contributed by atoms with Gasteiger partial charge >= 0.3 is 16.1 Å². The number of hydrogen-bond donors (Lipinski definition) is 1. The van der Waals surface area contributed by atoms with Crippen molar-refractivity contribution >= 4 is 48.4 Å². The monoisotopic (exact) mass is 640 g/mol. The third kappa shape index (κ3) is 4.78. The number of fused-ring (bicyclic) bond motifs is 4. The molecule has 1 N–H and O–H groups in total. The van der Waals surface area contributed by atoms with Crippen molar-refractivity contribution < 1.29 is 35.7 Å². The fraction of sp³-hybridized carbons (Fsp3) is 0.438. The van der Waals surface area contributed by atoms with E-state index in [1.807, 2.05) is 45.0 Å². The van der Waals surface area contributed by atoms with Gasteiger partial charge in [-0.3, -0.25) is 9.59 Å². The van der Waals surface area contributed by atoms with E-state index in [2.05, 4.69) is 0 Å². The van der Waals surface area contributed by atoms with Crippen molar-refractivity contribution in [3.63, 3.8) is 0 Å². The van der Waals surface area contributed by atoms with Crippen LogP contribution in [0.2, 0.25) is 0 Å². The lowest BCUT2D eigenvalue weighted by Gasteiger charge is -2.40. The number of benzene rings is 3. The number of carbonyl (C=O) groups excluding carboxylic acids is 1. The number of anilines is 1. The molecule has 3 aliphatic rings. The van der Waals surface area contributed by atoms with Crippen molar-refractivity contribution in [2.45, 2.75) is 57.0 Å². The highest BCUT2D eigenvalue weighted by Crippen LogP contribution is 2.64. The zero-order valence-electron chi connectivity index (χ0n) is 25.1. The number of nitrogens with zero attached hydrogens (tertiary/aromatic N) is 2. The van der Waals surface area contributed by atoms with Crippen molar-refractivity contribution in [1.82, 2.24) is 4.31 Å². The lowest BCUT2D eigenvalue weighted by atomic mass is 9.71. The van der Waals surface area contributed by atoms with Crippen LogP contribution in [0.3, 0.4) is 0 Å². The summed E-state index contributed by atoms with van der Waals surface area (Å²) < 4.78 is 61.6. The lowest BCUT2D eigenvalue weighted by Crippen LogP contribution is -2.52. The van der Waals surface area contributed by atoms with E-state index in [0.717, 1.165) is 15.4 Å². The molecule has 6 rings (SSSR count). The van der Waals surface area contributed by atoms with Gasteiger partial charge in [0.2, 0.25) is 10.0 Å². The van der Waals surface area contributed by atoms with Gasteiger partial charge in [-0.1, -0.05) is 44.2 Å². The zero-order valence-corrected chi connectivity index (χ0v) is 26.7. The molecule has 12 heteroatoms. The van der Waals surface area contributed by atoms with Crippen LogP contribution in [-0.2, 0) is 42.7 Å². The second-order valence-electron chi connectivity index (χ2n) is 13.1. The maximum absolute atomic E-state index is 14.0. The normalized spacial score (nSPS) is 24.8. The largest absolute Gasteiger partial charge is 0.480 e. The molecule has 2 bridgehead atoms. The first-order valence-corrected chi connectivity index (χ1v) is 17.6. The minimum absolute atomic E-state index is 0.00427. The molecule has 2 saturated carbocycles. The topological polar surface area (TPSA) is 138 Å². The summed E-state index contributed by atoms with van der Waals surface area (Å²) in [7, 11) is -4.68. The molecule has 0 radical (unpaired) electrons. The SMILES string of the molecule is CN(C)c1cccc2c(S(=O)(=O)Oc3ccc4c(c3)CN(S(=O)(=O)CC35CCC(C(=O)C3)C5(C)C)[C@H](C(=O)O)C4)cccc12. The number of Topliss-reactive ketones (excluding diaryl/α,β-unsaturated/α-hetero) is 1. The molecule has 1 aliphatic heterocycles. The molecule has 0 spiro atoms.